The van der Waals surface area contributed by atoms with Crippen molar-refractivity contribution < 1.29 is 9.53 Å². The molecule has 0 aliphatic carbocycles. The molecule has 0 radical (unpaired) electrons. The molecule has 0 saturated carbocycles. The third-order valence-corrected chi connectivity index (χ3v) is 2.69. The number of nitrogens with zero attached hydrogens (tertiary/aromatic N) is 1. The lowest BCUT2D eigenvalue weighted by Crippen LogP contribution is -1.99. The predicted octanol–water partition coefficient (Wildman–Crippen LogP) is 3.89. The fourth-order valence-electron chi connectivity index (χ4n) is 1.65. The molecule has 0 aliphatic heterocycles. The van der Waals surface area contributed by atoms with E-state index in [9.17, 15) is 4.79 Å². The zero-order chi connectivity index (χ0) is 14.2. The van der Waals surface area contributed by atoms with Gasteiger partial charge in [0.15, 0.2) is 0 Å². The second-order valence-electron chi connectivity index (χ2n) is 4.09. The van der Waals surface area contributed by atoms with E-state index in [1.54, 1.807) is 30.5 Å². The number of esters is 1. The van der Waals surface area contributed by atoms with Gasteiger partial charge in [0, 0.05) is 6.21 Å². The number of allylic oxidation sites excluding steroid dienone is 1. The minimum Gasteiger partial charge on any atom is -0.465 e. The van der Waals surface area contributed by atoms with Crippen LogP contribution < -0.4 is 0 Å². The summed E-state index contributed by atoms with van der Waals surface area (Å²) in [6, 6.07) is 16.9. The molecular weight excluding hydrogens is 250 g/mol. The fraction of sp³-hybridized carbons (Fsp3) is 0.0588. The lowest BCUT2D eigenvalue weighted by atomic mass is 10.2. The maximum absolute atomic E-state index is 11.3. The largest absolute Gasteiger partial charge is 0.465 e. The highest BCUT2D eigenvalue weighted by Gasteiger charge is 2.03. The molecule has 20 heavy (non-hydrogen) atoms. The monoisotopic (exact) mass is 265 g/mol. The van der Waals surface area contributed by atoms with E-state index in [2.05, 4.69) is 9.73 Å². The summed E-state index contributed by atoms with van der Waals surface area (Å²) >= 11 is 0. The van der Waals surface area contributed by atoms with Crippen molar-refractivity contribution in [1.29, 1.82) is 0 Å². The summed E-state index contributed by atoms with van der Waals surface area (Å²) in [5, 5.41) is 0. The Labute approximate surface area is 118 Å². The number of ether oxygens (including phenoxy) is 1. The third kappa shape index (κ3) is 3.92. The molecule has 2 aromatic rings. The van der Waals surface area contributed by atoms with Crippen molar-refractivity contribution in [2.75, 3.05) is 7.11 Å². The van der Waals surface area contributed by atoms with Crippen LogP contribution in [0.3, 0.4) is 0 Å². The SMILES string of the molecule is COC(=O)c1ccc(N=C/C=C\c2ccccc2)cc1. The van der Waals surface area contributed by atoms with Crippen LogP contribution in [0, 0.1) is 0 Å². The van der Waals surface area contributed by atoms with Gasteiger partial charge in [-0.1, -0.05) is 36.4 Å². The maximum Gasteiger partial charge on any atom is 0.337 e. The quantitative estimate of drug-likeness (QED) is 0.621. The standard InChI is InChI=1S/C17H15NO2/c1-20-17(19)15-9-11-16(12-10-15)18-13-5-8-14-6-3-2-4-7-14/h2-13H,1H3/b8-5-,18-13?. The minimum atomic E-state index is -0.343. The number of aliphatic imine (C=N–C) groups is 1. The molecular formula is C17H15NO2. The first kappa shape index (κ1) is 13.7. The van der Waals surface area contributed by atoms with Gasteiger partial charge in [0.1, 0.15) is 0 Å². The van der Waals surface area contributed by atoms with E-state index >= 15 is 0 Å². The average molecular weight is 265 g/mol. The summed E-state index contributed by atoms with van der Waals surface area (Å²) in [5.74, 6) is -0.343. The molecule has 100 valence electrons. The van der Waals surface area contributed by atoms with Crippen molar-refractivity contribution in [2.24, 2.45) is 4.99 Å². The van der Waals surface area contributed by atoms with E-state index in [-0.39, 0.29) is 5.97 Å². The van der Waals surface area contributed by atoms with Crippen LogP contribution in [0.1, 0.15) is 15.9 Å². The van der Waals surface area contributed by atoms with Crippen LogP contribution in [-0.2, 0) is 4.74 Å². The van der Waals surface area contributed by atoms with Gasteiger partial charge in [0.2, 0.25) is 0 Å². The van der Waals surface area contributed by atoms with Crippen LogP contribution in [0.4, 0.5) is 5.69 Å². The first-order valence-electron chi connectivity index (χ1n) is 6.24. The number of benzene rings is 2. The highest BCUT2D eigenvalue weighted by Crippen LogP contribution is 2.13. The highest BCUT2D eigenvalue weighted by molar-refractivity contribution is 5.89. The number of hydrogen-bond acceptors (Lipinski definition) is 3. The molecule has 2 aromatic carbocycles. The third-order valence-electron chi connectivity index (χ3n) is 2.69. The van der Waals surface area contributed by atoms with Crippen molar-refractivity contribution >= 4 is 23.9 Å². The van der Waals surface area contributed by atoms with E-state index in [1.165, 1.54) is 7.11 Å². The van der Waals surface area contributed by atoms with Crippen LogP contribution >= 0.6 is 0 Å². The van der Waals surface area contributed by atoms with E-state index in [0.717, 1.165) is 11.3 Å². The van der Waals surface area contributed by atoms with E-state index in [4.69, 9.17) is 0 Å². The second kappa shape index (κ2) is 7.04. The first-order chi connectivity index (χ1) is 9.79. The Bertz CT molecular complexity index is 613. The molecule has 0 atom stereocenters. The molecule has 0 aromatic heterocycles. The molecule has 0 heterocycles. The van der Waals surface area contributed by atoms with Gasteiger partial charge < -0.3 is 4.74 Å². The Hall–Kier alpha value is -2.68. The lowest BCUT2D eigenvalue weighted by Gasteiger charge is -1.98. The van der Waals surface area contributed by atoms with Crippen LogP contribution in [0.25, 0.3) is 6.08 Å². The van der Waals surface area contributed by atoms with Crippen LogP contribution in [0.2, 0.25) is 0 Å². The second-order valence-corrected chi connectivity index (χ2v) is 4.09. The molecule has 0 amide bonds. The zero-order valence-corrected chi connectivity index (χ0v) is 11.2. The van der Waals surface area contributed by atoms with Crippen molar-refractivity contribution in [1.82, 2.24) is 0 Å². The van der Waals surface area contributed by atoms with Crippen LogP contribution in [-0.4, -0.2) is 19.3 Å². The van der Waals surface area contributed by atoms with Crippen molar-refractivity contribution in [3.63, 3.8) is 0 Å². The molecule has 3 heteroatoms. The predicted molar refractivity (Wildman–Crippen MR) is 81.4 cm³/mol. The van der Waals surface area contributed by atoms with Crippen molar-refractivity contribution in [2.45, 2.75) is 0 Å². The molecule has 0 saturated heterocycles. The summed E-state index contributed by atoms with van der Waals surface area (Å²) in [7, 11) is 1.36. The summed E-state index contributed by atoms with van der Waals surface area (Å²) in [4.78, 5) is 15.6. The number of hydrogen-bond donors (Lipinski definition) is 0. The van der Waals surface area contributed by atoms with Crippen molar-refractivity contribution in [3.8, 4) is 0 Å². The first-order valence-corrected chi connectivity index (χ1v) is 6.24. The normalized spacial score (nSPS) is 11.1. The van der Waals surface area contributed by atoms with Gasteiger partial charge in [0.05, 0.1) is 18.4 Å². The molecule has 0 spiro atoms. The molecule has 0 fully saturated rings. The smallest absolute Gasteiger partial charge is 0.337 e. The van der Waals surface area contributed by atoms with Gasteiger partial charge in [-0.15, -0.1) is 0 Å². The van der Waals surface area contributed by atoms with Gasteiger partial charge >= 0.3 is 5.97 Å². The topological polar surface area (TPSA) is 38.7 Å². The molecule has 0 bridgehead atoms. The van der Waals surface area contributed by atoms with E-state index in [0.29, 0.717) is 5.56 Å². The Morgan fingerprint density at radius 2 is 1.75 bits per heavy atom. The summed E-state index contributed by atoms with van der Waals surface area (Å²) in [6.45, 7) is 0. The molecule has 0 aliphatic rings. The molecule has 3 nitrogen and oxygen atoms in total. The molecule has 0 N–H and O–H groups in total. The van der Waals surface area contributed by atoms with Gasteiger partial charge in [-0.05, 0) is 35.9 Å². The average Bonchev–Trinajstić information content (AvgIpc) is 2.52. The summed E-state index contributed by atoms with van der Waals surface area (Å²) in [6.07, 6.45) is 5.58. The number of methoxy groups -OCH3 is 1. The van der Waals surface area contributed by atoms with E-state index < -0.39 is 0 Å². The highest BCUT2D eigenvalue weighted by atomic mass is 16.5. The number of rotatable bonds is 4. The van der Waals surface area contributed by atoms with Gasteiger partial charge in [0.25, 0.3) is 0 Å². The summed E-state index contributed by atoms with van der Waals surface area (Å²) < 4.78 is 4.64. The number of carbonyl (C=O) groups excluding carboxylic acids is 1. The van der Waals surface area contributed by atoms with Crippen LogP contribution in [0.5, 0.6) is 0 Å². The van der Waals surface area contributed by atoms with Gasteiger partial charge in [-0.25, -0.2) is 4.79 Å². The van der Waals surface area contributed by atoms with Gasteiger partial charge in [-0.3, -0.25) is 4.99 Å². The van der Waals surface area contributed by atoms with Crippen molar-refractivity contribution in [3.05, 3.63) is 71.8 Å². The number of carbonyl (C=O) groups is 1. The minimum absolute atomic E-state index is 0.343. The van der Waals surface area contributed by atoms with E-state index in [1.807, 2.05) is 42.5 Å². The Morgan fingerprint density at radius 1 is 1.05 bits per heavy atom. The summed E-state index contributed by atoms with van der Waals surface area (Å²) in [5.41, 5.74) is 2.43. The molecule has 0 unspecified atom stereocenters. The Kier molecular flexibility index (Phi) is 4.84. The molecule has 2 rings (SSSR count). The Balaban J connectivity index is 1.98. The fourth-order valence-corrected chi connectivity index (χ4v) is 1.65. The maximum atomic E-state index is 11.3. The lowest BCUT2D eigenvalue weighted by molar-refractivity contribution is 0.0601. The Morgan fingerprint density at radius 3 is 2.40 bits per heavy atom. The zero-order valence-electron chi connectivity index (χ0n) is 11.2. The van der Waals surface area contributed by atoms with Gasteiger partial charge in [-0.2, -0.15) is 0 Å². The van der Waals surface area contributed by atoms with Crippen LogP contribution in [0.15, 0.2) is 65.7 Å².